The molecule has 0 bridgehead atoms. The van der Waals surface area contributed by atoms with Gasteiger partial charge in [-0.1, -0.05) is 17.7 Å². The molecule has 0 heterocycles. The van der Waals surface area contributed by atoms with Crippen LogP contribution in [0.4, 0.5) is 24.5 Å². The van der Waals surface area contributed by atoms with Crippen LogP contribution < -0.4 is 9.62 Å². The van der Waals surface area contributed by atoms with Crippen LogP contribution in [-0.2, 0) is 10.0 Å². The second-order valence-electron chi connectivity index (χ2n) is 6.53. The van der Waals surface area contributed by atoms with Gasteiger partial charge in [0.25, 0.3) is 15.9 Å². The summed E-state index contributed by atoms with van der Waals surface area (Å²) in [6, 6.07) is 12.7. The van der Waals surface area contributed by atoms with Crippen molar-refractivity contribution in [3.05, 3.63) is 89.2 Å². The van der Waals surface area contributed by atoms with Crippen LogP contribution in [0, 0.1) is 24.4 Å². The van der Waals surface area contributed by atoms with Crippen molar-refractivity contribution in [1.29, 1.82) is 0 Å². The van der Waals surface area contributed by atoms with Crippen LogP contribution >= 0.6 is 0 Å². The quantitative estimate of drug-likeness (QED) is 0.602. The highest BCUT2D eigenvalue weighted by atomic mass is 32.2. The van der Waals surface area contributed by atoms with Crippen LogP contribution in [-0.4, -0.2) is 21.4 Å². The number of halogens is 3. The van der Waals surface area contributed by atoms with Gasteiger partial charge in [0.15, 0.2) is 11.6 Å². The summed E-state index contributed by atoms with van der Waals surface area (Å²) in [5, 5.41) is 2.15. The molecular weight excluding hydrogens is 417 g/mol. The van der Waals surface area contributed by atoms with Crippen LogP contribution in [0.25, 0.3) is 0 Å². The zero-order valence-electron chi connectivity index (χ0n) is 16.0. The van der Waals surface area contributed by atoms with Crippen LogP contribution in [0.15, 0.2) is 65.6 Å². The van der Waals surface area contributed by atoms with Crippen molar-refractivity contribution in [2.75, 3.05) is 16.7 Å². The molecule has 0 aliphatic rings. The molecule has 0 aromatic heterocycles. The highest BCUT2D eigenvalue weighted by Gasteiger charge is 2.21. The van der Waals surface area contributed by atoms with E-state index < -0.39 is 39.1 Å². The number of carbonyl (C=O) groups excluding carboxylic acids is 1. The van der Waals surface area contributed by atoms with E-state index in [1.807, 2.05) is 6.92 Å². The molecule has 1 amide bonds. The van der Waals surface area contributed by atoms with E-state index >= 15 is 0 Å². The number of hydrogen-bond acceptors (Lipinski definition) is 3. The van der Waals surface area contributed by atoms with E-state index in [0.717, 1.165) is 9.87 Å². The molecule has 3 aromatic rings. The number of sulfonamides is 1. The molecular formula is C21H17F3N2O3S. The van der Waals surface area contributed by atoms with E-state index in [0.29, 0.717) is 17.8 Å². The van der Waals surface area contributed by atoms with E-state index in [1.165, 1.54) is 43.4 Å². The first-order valence-electron chi connectivity index (χ1n) is 8.71. The maximum absolute atomic E-state index is 13.7. The predicted octanol–water partition coefficient (Wildman–Crippen LogP) is 4.49. The first kappa shape index (κ1) is 21.4. The van der Waals surface area contributed by atoms with Gasteiger partial charge in [-0.3, -0.25) is 9.10 Å². The Morgan fingerprint density at radius 2 is 1.43 bits per heavy atom. The first-order chi connectivity index (χ1) is 14.1. The number of aryl methyl sites for hydroxylation is 1. The number of anilines is 2. The molecule has 3 rings (SSSR count). The summed E-state index contributed by atoms with van der Waals surface area (Å²) in [4.78, 5) is 12.4. The predicted molar refractivity (Wildman–Crippen MR) is 107 cm³/mol. The minimum absolute atomic E-state index is 0.0732. The molecule has 0 atom stereocenters. The molecule has 9 heteroatoms. The second-order valence-corrected chi connectivity index (χ2v) is 8.50. The van der Waals surface area contributed by atoms with Crippen molar-refractivity contribution >= 4 is 27.3 Å². The number of nitrogens with one attached hydrogen (secondary N) is 1. The lowest BCUT2D eigenvalue weighted by Crippen LogP contribution is -2.26. The van der Waals surface area contributed by atoms with Crippen LogP contribution in [0.5, 0.6) is 0 Å². The topological polar surface area (TPSA) is 66.5 Å². The Bertz CT molecular complexity index is 1200. The van der Waals surface area contributed by atoms with Gasteiger partial charge in [0.1, 0.15) is 5.82 Å². The lowest BCUT2D eigenvalue weighted by atomic mass is 10.2. The molecule has 0 aliphatic heterocycles. The monoisotopic (exact) mass is 434 g/mol. The van der Waals surface area contributed by atoms with Gasteiger partial charge < -0.3 is 5.32 Å². The maximum Gasteiger partial charge on any atom is 0.264 e. The van der Waals surface area contributed by atoms with Gasteiger partial charge in [-0.2, -0.15) is 0 Å². The Balaban J connectivity index is 1.79. The van der Waals surface area contributed by atoms with Gasteiger partial charge in [-0.25, -0.2) is 21.6 Å². The molecule has 0 unspecified atom stereocenters. The lowest BCUT2D eigenvalue weighted by Gasteiger charge is -2.20. The first-order valence-corrected chi connectivity index (χ1v) is 10.1. The van der Waals surface area contributed by atoms with Crippen molar-refractivity contribution in [1.82, 2.24) is 0 Å². The summed E-state index contributed by atoms with van der Waals surface area (Å²) < 4.78 is 66.5. The van der Waals surface area contributed by atoms with Crippen molar-refractivity contribution in [2.24, 2.45) is 0 Å². The number of nitrogens with zero attached hydrogens (tertiary/aromatic N) is 1. The van der Waals surface area contributed by atoms with E-state index in [-0.39, 0.29) is 10.5 Å². The van der Waals surface area contributed by atoms with Crippen molar-refractivity contribution in [2.45, 2.75) is 11.8 Å². The smallest absolute Gasteiger partial charge is 0.264 e. The number of benzene rings is 3. The summed E-state index contributed by atoms with van der Waals surface area (Å²) in [6.07, 6.45) is 0. The second kappa shape index (κ2) is 8.19. The molecule has 0 aliphatic carbocycles. The average molecular weight is 434 g/mol. The highest BCUT2D eigenvalue weighted by molar-refractivity contribution is 7.92. The Hall–Kier alpha value is -3.33. The lowest BCUT2D eigenvalue weighted by molar-refractivity contribution is 0.102. The minimum atomic E-state index is -3.80. The Morgan fingerprint density at radius 1 is 0.867 bits per heavy atom. The van der Waals surface area contributed by atoms with Gasteiger partial charge in [-0.05, 0) is 43.3 Å². The summed E-state index contributed by atoms with van der Waals surface area (Å²) in [5.74, 6) is -4.56. The molecule has 0 spiro atoms. The van der Waals surface area contributed by atoms with E-state index in [4.69, 9.17) is 0 Å². The molecule has 0 saturated heterocycles. The number of hydrogen-bond donors (Lipinski definition) is 1. The third-order valence-electron chi connectivity index (χ3n) is 4.43. The molecule has 0 radical (unpaired) electrons. The summed E-state index contributed by atoms with van der Waals surface area (Å²) in [7, 11) is -2.42. The van der Waals surface area contributed by atoms with Gasteiger partial charge in [0.2, 0.25) is 0 Å². The SMILES string of the molecule is Cc1ccc(S(=O)(=O)N(C)c2ccc(C(=O)Nc3cc(F)c(F)cc3F)cc2)cc1. The molecule has 156 valence electrons. The van der Waals surface area contributed by atoms with Crippen molar-refractivity contribution in [3.8, 4) is 0 Å². The fourth-order valence-corrected chi connectivity index (χ4v) is 3.84. The summed E-state index contributed by atoms with van der Waals surface area (Å²) in [6.45, 7) is 1.84. The summed E-state index contributed by atoms with van der Waals surface area (Å²) >= 11 is 0. The minimum Gasteiger partial charge on any atom is -0.319 e. The fourth-order valence-electron chi connectivity index (χ4n) is 2.64. The standard InChI is InChI=1S/C21H17F3N2O3S/c1-13-3-9-16(10-4-13)30(28,29)26(2)15-7-5-14(6-8-15)21(27)25-20-12-18(23)17(22)11-19(20)24/h3-12H,1-2H3,(H,25,27). The number of carbonyl (C=O) groups is 1. The molecule has 30 heavy (non-hydrogen) atoms. The molecule has 1 N–H and O–H groups in total. The normalized spacial score (nSPS) is 11.2. The molecule has 0 saturated carbocycles. The number of amides is 1. The Kier molecular flexibility index (Phi) is 5.84. The van der Waals surface area contributed by atoms with Gasteiger partial charge >= 0.3 is 0 Å². The van der Waals surface area contributed by atoms with Crippen molar-refractivity contribution < 1.29 is 26.4 Å². The molecule has 0 fully saturated rings. The van der Waals surface area contributed by atoms with E-state index in [1.54, 1.807) is 12.1 Å². The van der Waals surface area contributed by atoms with Crippen LogP contribution in [0.3, 0.4) is 0 Å². The summed E-state index contributed by atoms with van der Waals surface area (Å²) in [5.41, 5.74) is 0.779. The van der Waals surface area contributed by atoms with Crippen LogP contribution in [0.1, 0.15) is 15.9 Å². The molecule has 3 aromatic carbocycles. The van der Waals surface area contributed by atoms with E-state index in [2.05, 4.69) is 5.32 Å². The van der Waals surface area contributed by atoms with Crippen LogP contribution in [0.2, 0.25) is 0 Å². The fraction of sp³-hybridized carbons (Fsp3) is 0.0952. The zero-order chi connectivity index (χ0) is 22.1. The highest BCUT2D eigenvalue weighted by Crippen LogP contribution is 2.24. The van der Waals surface area contributed by atoms with Crippen molar-refractivity contribution in [3.63, 3.8) is 0 Å². The van der Waals surface area contributed by atoms with Gasteiger partial charge in [0.05, 0.1) is 16.3 Å². The largest absolute Gasteiger partial charge is 0.319 e. The Labute approximate surface area is 171 Å². The Morgan fingerprint density at radius 3 is 2.03 bits per heavy atom. The number of rotatable bonds is 5. The van der Waals surface area contributed by atoms with E-state index in [9.17, 15) is 26.4 Å². The average Bonchev–Trinajstić information content (AvgIpc) is 2.71. The molecule has 5 nitrogen and oxygen atoms in total. The van der Waals surface area contributed by atoms with Gasteiger partial charge in [0, 0.05) is 24.7 Å². The third kappa shape index (κ3) is 4.30. The van der Waals surface area contributed by atoms with Gasteiger partial charge in [-0.15, -0.1) is 0 Å². The maximum atomic E-state index is 13.7. The zero-order valence-corrected chi connectivity index (χ0v) is 16.8. The third-order valence-corrected chi connectivity index (χ3v) is 6.23.